The second-order valence-electron chi connectivity index (χ2n) is 10.9. The van der Waals surface area contributed by atoms with Crippen molar-refractivity contribution < 1.29 is 42.5 Å². The molecule has 1 aliphatic rings. The topological polar surface area (TPSA) is 172 Å². The number of amides is 2. The summed E-state index contributed by atoms with van der Waals surface area (Å²) in [5.74, 6) is -1.49. The highest BCUT2D eigenvalue weighted by Crippen LogP contribution is 2.20. The Labute approximate surface area is 314 Å². The molecule has 2 aromatic rings. The Morgan fingerprint density at radius 3 is 1.82 bits per heavy atom. The van der Waals surface area contributed by atoms with Gasteiger partial charge in [0, 0.05) is 58.2 Å². The Morgan fingerprint density at radius 1 is 0.940 bits per heavy atom. The maximum Gasteiger partial charge on any atom is 0.404 e. The van der Waals surface area contributed by atoms with E-state index in [0.717, 1.165) is 19.8 Å². The number of nitrogens with one attached hydrogen (secondary N) is 2. The van der Waals surface area contributed by atoms with Gasteiger partial charge in [0.1, 0.15) is 0 Å². The van der Waals surface area contributed by atoms with Gasteiger partial charge in [0.05, 0.1) is 11.3 Å². The number of halogens is 1. The van der Waals surface area contributed by atoms with Crippen molar-refractivity contribution in [2.24, 2.45) is 5.92 Å². The van der Waals surface area contributed by atoms with Crippen molar-refractivity contribution in [3.63, 3.8) is 0 Å². The van der Waals surface area contributed by atoms with E-state index in [9.17, 15) is 22.8 Å². The van der Waals surface area contributed by atoms with Gasteiger partial charge in [-0.25, -0.2) is 13.2 Å². The highest BCUT2D eigenvalue weighted by molar-refractivity contribution is 14.1. The maximum absolute atomic E-state index is 13.1. The van der Waals surface area contributed by atoms with Crippen LogP contribution in [0.5, 0.6) is 0 Å². The Morgan fingerprint density at radius 2 is 1.46 bits per heavy atom. The molecule has 1 saturated heterocycles. The number of hydrogen-bond donors (Lipinski definition) is 4. The van der Waals surface area contributed by atoms with Crippen LogP contribution in [0.4, 0.5) is 10.5 Å². The molecule has 1 atom stereocenters. The molecule has 1 unspecified atom stereocenters. The number of rotatable bonds is 13. The summed E-state index contributed by atoms with van der Waals surface area (Å²) in [5.41, 5.74) is 1.68. The molecule has 12 nitrogen and oxygen atoms in total. The lowest BCUT2D eigenvalue weighted by Gasteiger charge is -2.25. The SMILES string of the molecule is C1CCOC1.CC.CC(C)CN(CCC(C)NC(=O)O)S(=O)(=O)c1ccc(NC(=O)CCC(=O)O)cc1.CCOC.CI.Cc1ccccc1. The third kappa shape index (κ3) is 29.0. The van der Waals surface area contributed by atoms with Crippen LogP contribution in [0.2, 0.25) is 0 Å². The second-order valence-corrected chi connectivity index (χ2v) is 12.9. The summed E-state index contributed by atoms with van der Waals surface area (Å²) in [7, 11) is -2.14. The van der Waals surface area contributed by atoms with Crippen LogP contribution in [0.1, 0.15) is 79.2 Å². The largest absolute Gasteiger partial charge is 0.481 e. The van der Waals surface area contributed by atoms with E-state index in [-0.39, 0.29) is 36.7 Å². The molecule has 0 radical (unpaired) electrons. The number of ether oxygens (including phenoxy) is 2. The Kier molecular flexibility index (Phi) is 34.4. The van der Waals surface area contributed by atoms with E-state index in [2.05, 4.69) is 57.0 Å². The van der Waals surface area contributed by atoms with Crippen LogP contribution in [0.3, 0.4) is 0 Å². The minimum Gasteiger partial charge on any atom is -0.481 e. The van der Waals surface area contributed by atoms with E-state index < -0.39 is 34.0 Å². The molecule has 288 valence electrons. The first-order chi connectivity index (χ1) is 23.7. The molecule has 2 amide bonds. The van der Waals surface area contributed by atoms with Crippen molar-refractivity contribution in [1.29, 1.82) is 0 Å². The molecule has 0 saturated carbocycles. The molecule has 0 aliphatic carbocycles. The quantitative estimate of drug-likeness (QED) is 0.117. The molecule has 14 heteroatoms. The minimum absolute atomic E-state index is 0.0468. The number of methoxy groups -OCH3 is 1. The Hall–Kier alpha value is -2.79. The number of aryl methyl sites for hydroxylation is 1. The number of sulfonamides is 1. The van der Waals surface area contributed by atoms with E-state index in [0.29, 0.717) is 12.1 Å². The van der Waals surface area contributed by atoms with Gasteiger partial charge < -0.3 is 30.3 Å². The number of carboxylic acid groups (broad SMARTS) is 2. The summed E-state index contributed by atoms with van der Waals surface area (Å²) < 4.78 is 36.9. The molecular weight excluding hydrogens is 777 g/mol. The first-order valence-corrected chi connectivity index (χ1v) is 20.4. The van der Waals surface area contributed by atoms with Crippen molar-refractivity contribution in [2.75, 3.05) is 50.3 Å². The molecule has 3 rings (SSSR count). The molecule has 1 heterocycles. The summed E-state index contributed by atoms with van der Waals surface area (Å²) in [5, 5.41) is 22.2. The van der Waals surface area contributed by atoms with Gasteiger partial charge in [-0.15, -0.1) is 0 Å². The zero-order valence-corrected chi connectivity index (χ0v) is 34.4. The number of carbonyl (C=O) groups is 3. The van der Waals surface area contributed by atoms with Gasteiger partial charge in [-0.3, -0.25) is 9.59 Å². The monoisotopic (exact) mass is 839 g/mol. The van der Waals surface area contributed by atoms with Gasteiger partial charge in [-0.05, 0) is 75.1 Å². The molecular formula is C36H62IN3O9S. The third-order valence-corrected chi connectivity index (χ3v) is 8.03. The third-order valence-electron chi connectivity index (χ3n) is 6.15. The Balaban J connectivity index is -0.000000884. The van der Waals surface area contributed by atoms with Crippen LogP contribution >= 0.6 is 22.6 Å². The normalized spacial score (nSPS) is 12.0. The second kappa shape index (κ2) is 33.4. The van der Waals surface area contributed by atoms with Crippen molar-refractivity contribution in [2.45, 2.75) is 91.5 Å². The summed E-state index contributed by atoms with van der Waals surface area (Å²) in [6, 6.07) is 15.5. The number of carboxylic acids is 1. The summed E-state index contributed by atoms with van der Waals surface area (Å²) in [6.45, 7) is 16.7. The van der Waals surface area contributed by atoms with Crippen molar-refractivity contribution in [3.05, 3.63) is 60.2 Å². The van der Waals surface area contributed by atoms with E-state index >= 15 is 0 Å². The lowest BCUT2D eigenvalue weighted by Crippen LogP contribution is -2.39. The first kappa shape index (κ1) is 51.6. The number of anilines is 1. The number of benzene rings is 2. The number of carbonyl (C=O) groups excluding carboxylic acids is 1. The van der Waals surface area contributed by atoms with Gasteiger partial charge in [-0.1, -0.05) is 86.2 Å². The molecule has 0 bridgehead atoms. The first-order valence-electron chi connectivity index (χ1n) is 16.8. The van der Waals surface area contributed by atoms with E-state index in [1.54, 1.807) is 14.0 Å². The number of alkyl halides is 1. The predicted molar refractivity (Wildman–Crippen MR) is 211 cm³/mol. The van der Waals surface area contributed by atoms with Gasteiger partial charge >= 0.3 is 12.1 Å². The lowest BCUT2D eigenvalue weighted by molar-refractivity contribution is -0.138. The smallest absolute Gasteiger partial charge is 0.404 e. The molecule has 4 N–H and O–H groups in total. The van der Waals surface area contributed by atoms with Gasteiger partial charge in [0.2, 0.25) is 15.9 Å². The van der Waals surface area contributed by atoms with Crippen molar-refractivity contribution >= 4 is 56.3 Å². The van der Waals surface area contributed by atoms with Crippen molar-refractivity contribution in [3.8, 4) is 0 Å². The fraction of sp³-hybridized carbons (Fsp3) is 0.583. The van der Waals surface area contributed by atoms with Crippen LogP contribution in [0, 0.1) is 12.8 Å². The van der Waals surface area contributed by atoms with Crippen LogP contribution < -0.4 is 10.6 Å². The van der Waals surface area contributed by atoms with Gasteiger partial charge in [-0.2, -0.15) is 4.31 Å². The molecule has 50 heavy (non-hydrogen) atoms. The summed E-state index contributed by atoms with van der Waals surface area (Å²) in [6.07, 6.45) is 1.23. The highest BCUT2D eigenvalue weighted by atomic mass is 127. The molecule has 1 aliphatic heterocycles. The van der Waals surface area contributed by atoms with Crippen LogP contribution in [0.25, 0.3) is 0 Å². The van der Waals surface area contributed by atoms with E-state index in [4.69, 9.17) is 14.9 Å². The minimum atomic E-state index is -3.82. The molecule has 0 aromatic heterocycles. The average molecular weight is 840 g/mol. The average Bonchev–Trinajstić information content (AvgIpc) is 3.69. The zero-order valence-electron chi connectivity index (χ0n) is 31.4. The molecule has 2 aromatic carbocycles. The standard InChI is InChI=1S/C19H29N3O7S.C7H8.C4H8O.C3H8O.C2H6.CH3I/c1-13(2)12-22(11-10-14(3)20-19(26)27)30(28,29)16-6-4-15(5-7-16)21-17(23)8-9-18(24)25;1-7-5-3-2-4-6-7;1-2-4-5-3-1;1-3-4-2;2*1-2/h4-7,13-14,20H,8-12H2,1-3H3,(H,21,23)(H,24,25)(H,26,27);2-6H,1H3;1-4H2;3H2,1-2H3;1-2H3;1H3. The highest BCUT2D eigenvalue weighted by Gasteiger charge is 2.25. The summed E-state index contributed by atoms with van der Waals surface area (Å²) >= 11 is 2.15. The van der Waals surface area contributed by atoms with Crippen LogP contribution in [0.15, 0.2) is 59.5 Å². The number of nitrogens with zero attached hydrogens (tertiary/aromatic N) is 1. The maximum atomic E-state index is 13.1. The van der Waals surface area contributed by atoms with Crippen LogP contribution in [-0.4, -0.2) is 91.9 Å². The molecule has 1 fully saturated rings. The lowest BCUT2D eigenvalue weighted by atomic mass is 10.2. The van der Waals surface area contributed by atoms with Crippen LogP contribution in [-0.2, 0) is 29.1 Å². The number of aliphatic carboxylic acids is 1. The fourth-order valence-electron chi connectivity index (χ4n) is 3.69. The van der Waals surface area contributed by atoms with E-state index in [1.165, 1.54) is 47.0 Å². The summed E-state index contributed by atoms with van der Waals surface area (Å²) in [4.78, 5) is 35.0. The Bertz CT molecular complexity index is 1220. The van der Waals surface area contributed by atoms with Crippen molar-refractivity contribution in [1.82, 2.24) is 9.62 Å². The van der Waals surface area contributed by atoms with Gasteiger partial charge in [0.25, 0.3) is 0 Å². The molecule has 0 spiro atoms. The van der Waals surface area contributed by atoms with E-state index in [1.807, 2.05) is 57.7 Å². The fourth-order valence-corrected chi connectivity index (χ4v) is 5.30. The number of hydrogen-bond acceptors (Lipinski definition) is 7. The van der Waals surface area contributed by atoms with Gasteiger partial charge in [0.15, 0.2) is 0 Å². The predicted octanol–water partition coefficient (Wildman–Crippen LogP) is 7.70. The zero-order chi connectivity index (χ0) is 39.0.